The highest BCUT2D eigenvalue weighted by Gasteiger charge is 2.30. The maximum atomic E-state index is 9.05. The molecule has 2 rings (SSSR count). The van der Waals surface area contributed by atoms with Crippen LogP contribution in [0.1, 0.15) is 37.8 Å². The lowest BCUT2D eigenvalue weighted by Gasteiger charge is -2.33. The first kappa shape index (κ1) is 15.4. The monoisotopic (exact) mass is 298 g/mol. The van der Waals surface area contributed by atoms with Crippen LogP contribution in [0.15, 0.2) is 23.2 Å². The maximum Gasteiger partial charge on any atom is 0.161 e. The van der Waals surface area contributed by atoms with Crippen molar-refractivity contribution in [2.45, 2.75) is 26.7 Å². The van der Waals surface area contributed by atoms with Crippen molar-refractivity contribution >= 4 is 22.6 Å². The molecule has 0 aliphatic carbocycles. The molecule has 1 heterocycles. The molecule has 1 N–H and O–H groups in total. The number of amidine groups is 1. The van der Waals surface area contributed by atoms with Gasteiger partial charge in [0.15, 0.2) is 5.17 Å². The highest BCUT2D eigenvalue weighted by Crippen LogP contribution is 2.35. The molecule has 1 aliphatic rings. The van der Waals surface area contributed by atoms with E-state index in [1.165, 1.54) is 0 Å². The fraction of sp³-hybridized carbons (Fsp3) is 0.438. The van der Waals surface area contributed by atoms with Gasteiger partial charge in [-0.15, -0.1) is 0 Å². The first-order valence-corrected chi connectivity index (χ1v) is 8.03. The molecule has 0 spiro atoms. The quantitative estimate of drug-likeness (QED) is 0.922. The third-order valence-electron chi connectivity index (χ3n) is 4.08. The van der Waals surface area contributed by atoms with Crippen LogP contribution in [0, 0.1) is 28.1 Å². The Hall–Kier alpha value is -1.98. The number of hydrogen-bond donors (Lipinski definition) is 1. The molecule has 0 amide bonds. The van der Waals surface area contributed by atoms with Crippen molar-refractivity contribution in [2.24, 2.45) is 10.4 Å². The molecule has 21 heavy (non-hydrogen) atoms. The summed E-state index contributed by atoms with van der Waals surface area (Å²) in [5.41, 5.74) is 1.91. The predicted molar refractivity (Wildman–Crippen MR) is 87.3 cm³/mol. The van der Waals surface area contributed by atoms with Crippen LogP contribution in [0.3, 0.4) is 0 Å². The SMILES string of the molecule is CCC1(CC)CN=C(Nc2ccc(C#N)c(C#N)c2)SC1. The van der Waals surface area contributed by atoms with Gasteiger partial charge in [0, 0.05) is 18.0 Å². The summed E-state index contributed by atoms with van der Waals surface area (Å²) in [7, 11) is 0. The van der Waals surface area contributed by atoms with Crippen LogP contribution in [0.4, 0.5) is 5.69 Å². The van der Waals surface area contributed by atoms with E-state index in [1.54, 1.807) is 23.9 Å². The summed E-state index contributed by atoms with van der Waals surface area (Å²) < 4.78 is 0. The van der Waals surface area contributed by atoms with Crippen LogP contribution in [0.2, 0.25) is 0 Å². The molecule has 1 aromatic carbocycles. The molecular weight excluding hydrogens is 280 g/mol. The average Bonchev–Trinajstić information content (AvgIpc) is 2.55. The van der Waals surface area contributed by atoms with Gasteiger partial charge >= 0.3 is 0 Å². The van der Waals surface area contributed by atoms with Gasteiger partial charge in [-0.2, -0.15) is 10.5 Å². The number of nitrogens with zero attached hydrogens (tertiary/aromatic N) is 3. The molecule has 5 heteroatoms. The summed E-state index contributed by atoms with van der Waals surface area (Å²) in [5.74, 6) is 1.06. The van der Waals surface area contributed by atoms with E-state index in [9.17, 15) is 0 Å². The minimum atomic E-state index is 0.318. The first-order chi connectivity index (χ1) is 10.2. The summed E-state index contributed by atoms with van der Waals surface area (Å²) in [4.78, 5) is 4.64. The van der Waals surface area contributed by atoms with Gasteiger partial charge in [-0.05, 0) is 36.5 Å². The minimum Gasteiger partial charge on any atom is -0.335 e. The van der Waals surface area contributed by atoms with Crippen molar-refractivity contribution in [1.29, 1.82) is 10.5 Å². The molecular formula is C16H18N4S. The Morgan fingerprint density at radius 3 is 2.48 bits per heavy atom. The fourth-order valence-electron chi connectivity index (χ4n) is 2.24. The van der Waals surface area contributed by atoms with Crippen LogP contribution < -0.4 is 5.32 Å². The van der Waals surface area contributed by atoms with E-state index in [1.807, 2.05) is 18.2 Å². The van der Waals surface area contributed by atoms with Crippen LogP contribution in [-0.4, -0.2) is 17.5 Å². The van der Waals surface area contributed by atoms with Crippen molar-refractivity contribution in [3.8, 4) is 12.1 Å². The second-order valence-corrected chi connectivity index (χ2v) is 6.19. The molecule has 1 aromatic rings. The van der Waals surface area contributed by atoms with Crippen LogP contribution in [0.5, 0.6) is 0 Å². The Balaban J connectivity index is 2.12. The third kappa shape index (κ3) is 3.37. The lowest BCUT2D eigenvalue weighted by molar-refractivity contribution is 0.318. The Bertz CT molecular complexity index is 633. The largest absolute Gasteiger partial charge is 0.335 e. The molecule has 0 bridgehead atoms. The van der Waals surface area contributed by atoms with E-state index in [4.69, 9.17) is 10.5 Å². The number of hydrogen-bond acceptors (Lipinski definition) is 5. The van der Waals surface area contributed by atoms with E-state index in [0.29, 0.717) is 16.5 Å². The number of nitriles is 2. The summed E-state index contributed by atoms with van der Waals surface area (Å²) in [6.07, 6.45) is 2.28. The van der Waals surface area contributed by atoms with Gasteiger partial charge in [0.1, 0.15) is 12.1 Å². The Morgan fingerprint density at radius 2 is 1.95 bits per heavy atom. The van der Waals surface area contributed by atoms with E-state index >= 15 is 0 Å². The summed E-state index contributed by atoms with van der Waals surface area (Å²) >= 11 is 1.73. The zero-order chi connectivity index (χ0) is 15.3. The van der Waals surface area contributed by atoms with E-state index in [0.717, 1.165) is 36.0 Å². The molecule has 4 nitrogen and oxygen atoms in total. The Kier molecular flexibility index (Phi) is 4.88. The lowest BCUT2D eigenvalue weighted by Crippen LogP contribution is -2.32. The molecule has 0 saturated carbocycles. The molecule has 1 aliphatic heterocycles. The van der Waals surface area contributed by atoms with Crippen molar-refractivity contribution in [2.75, 3.05) is 17.6 Å². The highest BCUT2D eigenvalue weighted by atomic mass is 32.2. The molecule has 0 fully saturated rings. The molecule has 0 aromatic heterocycles. The van der Waals surface area contributed by atoms with Gasteiger partial charge in [-0.3, -0.25) is 4.99 Å². The maximum absolute atomic E-state index is 9.05. The topological polar surface area (TPSA) is 72.0 Å². The molecule has 0 atom stereocenters. The van der Waals surface area contributed by atoms with E-state index in [2.05, 4.69) is 24.2 Å². The van der Waals surface area contributed by atoms with Gasteiger partial charge < -0.3 is 5.32 Å². The Morgan fingerprint density at radius 1 is 1.24 bits per heavy atom. The van der Waals surface area contributed by atoms with Crippen molar-refractivity contribution in [3.63, 3.8) is 0 Å². The van der Waals surface area contributed by atoms with Gasteiger partial charge in [-0.25, -0.2) is 0 Å². The number of anilines is 1. The highest BCUT2D eigenvalue weighted by molar-refractivity contribution is 8.14. The van der Waals surface area contributed by atoms with Gasteiger partial charge in [-0.1, -0.05) is 25.6 Å². The second-order valence-electron chi connectivity index (χ2n) is 5.23. The second kappa shape index (κ2) is 6.65. The molecule has 0 unspecified atom stereocenters. The standard InChI is InChI=1S/C16H18N4S/c1-3-16(4-2)10-19-15(21-11-16)20-14-6-5-12(8-17)13(7-14)9-18/h5-7H,3-4,10-11H2,1-2H3,(H,19,20). The van der Waals surface area contributed by atoms with Crippen LogP contribution >= 0.6 is 11.8 Å². The third-order valence-corrected chi connectivity index (χ3v) is 5.35. The number of aliphatic imine (C=N–C) groups is 1. The van der Waals surface area contributed by atoms with Gasteiger partial charge in [0.25, 0.3) is 0 Å². The van der Waals surface area contributed by atoms with E-state index in [-0.39, 0.29) is 0 Å². The normalized spacial score (nSPS) is 16.5. The number of thioether (sulfide) groups is 1. The fourth-order valence-corrected chi connectivity index (χ4v) is 3.53. The average molecular weight is 298 g/mol. The van der Waals surface area contributed by atoms with E-state index < -0.39 is 0 Å². The number of benzene rings is 1. The summed E-state index contributed by atoms with van der Waals surface area (Å²) in [6.45, 7) is 5.28. The van der Waals surface area contributed by atoms with Crippen LogP contribution in [0.25, 0.3) is 0 Å². The number of rotatable bonds is 3. The smallest absolute Gasteiger partial charge is 0.161 e. The zero-order valence-corrected chi connectivity index (χ0v) is 13.1. The molecule has 0 saturated heterocycles. The summed E-state index contributed by atoms with van der Waals surface area (Å²) in [5, 5.41) is 22.1. The number of nitrogens with one attached hydrogen (secondary N) is 1. The van der Waals surface area contributed by atoms with Crippen LogP contribution in [-0.2, 0) is 0 Å². The lowest BCUT2D eigenvalue weighted by atomic mass is 9.84. The minimum absolute atomic E-state index is 0.318. The van der Waals surface area contributed by atoms with Crippen molar-refractivity contribution in [1.82, 2.24) is 0 Å². The summed E-state index contributed by atoms with van der Waals surface area (Å²) in [6, 6.07) is 9.23. The van der Waals surface area contributed by atoms with Gasteiger partial charge in [0.05, 0.1) is 11.1 Å². The Labute approximate surface area is 129 Å². The zero-order valence-electron chi connectivity index (χ0n) is 12.3. The molecule has 108 valence electrons. The first-order valence-electron chi connectivity index (χ1n) is 7.05. The molecule has 0 radical (unpaired) electrons. The predicted octanol–water partition coefficient (Wildman–Crippen LogP) is 3.75. The van der Waals surface area contributed by atoms with Gasteiger partial charge in [0.2, 0.25) is 0 Å². The van der Waals surface area contributed by atoms with Crippen molar-refractivity contribution in [3.05, 3.63) is 29.3 Å². The van der Waals surface area contributed by atoms with Crippen molar-refractivity contribution < 1.29 is 0 Å².